The van der Waals surface area contributed by atoms with Crippen LogP contribution < -0.4 is 9.47 Å². The Labute approximate surface area is 204 Å². The highest BCUT2D eigenvalue weighted by Gasteiger charge is 2.17. The maximum Gasteiger partial charge on any atom is 0.217 e. The van der Waals surface area contributed by atoms with Gasteiger partial charge in [0.1, 0.15) is 19.0 Å². The van der Waals surface area contributed by atoms with Crippen molar-refractivity contribution in [2.75, 3.05) is 13.2 Å². The van der Waals surface area contributed by atoms with Crippen LogP contribution in [0.2, 0.25) is 0 Å². The molecule has 1 aliphatic rings. The molecule has 4 heteroatoms. The third kappa shape index (κ3) is 7.07. The van der Waals surface area contributed by atoms with Gasteiger partial charge in [0.2, 0.25) is 5.88 Å². The summed E-state index contributed by atoms with van der Waals surface area (Å²) >= 11 is 0. The maximum absolute atomic E-state index is 6.24. The number of aromatic nitrogens is 1. The highest BCUT2D eigenvalue weighted by atomic mass is 16.5. The first kappa shape index (κ1) is 24.3. The van der Waals surface area contributed by atoms with Gasteiger partial charge in [0.15, 0.2) is 0 Å². The van der Waals surface area contributed by atoms with Crippen LogP contribution in [0, 0.1) is 6.92 Å². The zero-order chi connectivity index (χ0) is 23.6. The molecule has 4 nitrogen and oxygen atoms in total. The first-order valence-electron chi connectivity index (χ1n) is 12.7. The summed E-state index contributed by atoms with van der Waals surface area (Å²) in [7, 11) is 0. The summed E-state index contributed by atoms with van der Waals surface area (Å²) in [4.78, 5) is 4.88. The minimum absolute atomic E-state index is 0.149. The fourth-order valence-electron chi connectivity index (χ4n) is 4.36. The van der Waals surface area contributed by atoms with Crippen LogP contribution in [-0.2, 0) is 30.6 Å². The molecule has 0 amide bonds. The second-order valence-corrected chi connectivity index (χ2v) is 9.17. The molecule has 1 aromatic heterocycles. The standard InChI is InChI=1S/C30H37NO3/c1-3-9-24-13-15-25(16-14-24)17-18-28-23(2)29(33-21-26-10-5-4-6-11-26)20-30(31-28)34-22-27-12-7-8-19-32-27/h4-6,10-11,13-16,20,27H,3,7-9,12,17-19,21-22H2,1-2H3. The van der Waals surface area contributed by atoms with E-state index in [1.54, 1.807) is 0 Å². The van der Waals surface area contributed by atoms with Crippen LogP contribution in [-0.4, -0.2) is 24.3 Å². The number of rotatable bonds is 11. The van der Waals surface area contributed by atoms with Crippen molar-refractivity contribution in [3.05, 3.63) is 88.6 Å². The van der Waals surface area contributed by atoms with Gasteiger partial charge in [0.25, 0.3) is 0 Å². The second kappa shape index (κ2) is 12.6. The van der Waals surface area contributed by atoms with Crippen molar-refractivity contribution >= 4 is 0 Å². The Morgan fingerprint density at radius 1 is 0.882 bits per heavy atom. The topological polar surface area (TPSA) is 40.6 Å². The average Bonchev–Trinajstić information content (AvgIpc) is 2.89. The first-order chi connectivity index (χ1) is 16.7. The molecule has 180 valence electrons. The normalized spacial score (nSPS) is 15.8. The number of aryl methyl sites for hydroxylation is 3. The van der Waals surface area contributed by atoms with Crippen LogP contribution in [0.3, 0.4) is 0 Å². The lowest BCUT2D eigenvalue weighted by Gasteiger charge is -2.23. The minimum atomic E-state index is 0.149. The lowest BCUT2D eigenvalue weighted by atomic mass is 10.0. The summed E-state index contributed by atoms with van der Waals surface area (Å²) in [5.74, 6) is 1.46. The van der Waals surface area contributed by atoms with Crippen LogP contribution >= 0.6 is 0 Å². The molecule has 3 aromatic rings. The van der Waals surface area contributed by atoms with Gasteiger partial charge in [-0.3, -0.25) is 0 Å². The van der Waals surface area contributed by atoms with Gasteiger partial charge < -0.3 is 14.2 Å². The highest BCUT2D eigenvalue weighted by Crippen LogP contribution is 2.28. The predicted molar refractivity (Wildman–Crippen MR) is 137 cm³/mol. The van der Waals surface area contributed by atoms with E-state index >= 15 is 0 Å². The highest BCUT2D eigenvalue weighted by molar-refractivity contribution is 5.40. The molecular weight excluding hydrogens is 422 g/mol. The number of nitrogens with zero attached hydrogens (tertiary/aromatic N) is 1. The lowest BCUT2D eigenvalue weighted by Crippen LogP contribution is -2.26. The second-order valence-electron chi connectivity index (χ2n) is 9.17. The predicted octanol–water partition coefficient (Wildman–Crippen LogP) is 6.65. The molecule has 1 aliphatic heterocycles. The van der Waals surface area contributed by atoms with E-state index in [9.17, 15) is 0 Å². The number of pyridine rings is 1. The number of ether oxygens (including phenoxy) is 3. The molecular formula is C30H37NO3. The summed E-state index contributed by atoms with van der Waals surface area (Å²) < 4.78 is 18.2. The van der Waals surface area contributed by atoms with Gasteiger partial charge in [0, 0.05) is 18.2 Å². The van der Waals surface area contributed by atoms with E-state index in [1.807, 2.05) is 24.3 Å². The lowest BCUT2D eigenvalue weighted by molar-refractivity contribution is -0.0120. The smallest absolute Gasteiger partial charge is 0.217 e. The van der Waals surface area contributed by atoms with Gasteiger partial charge in [-0.15, -0.1) is 0 Å². The summed E-state index contributed by atoms with van der Waals surface area (Å²) in [6.07, 6.45) is 7.62. The van der Waals surface area contributed by atoms with Crippen LogP contribution in [0.1, 0.15) is 60.6 Å². The van der Waals surface area contributed by atoms with Crippen molar-refractivity contribution in [3.8, 4) is 11.6 Å². The van der Waals surface area contributed by atoms with Crippen molar-refractivity contribution in [1.29, 1.82) is 0 Å². The van der Waals surface area contributed by atoms with Crippen LogP contribution in [0.4, 0.5) is 0 Å². The van der Waals surface area contributed by atoms with Crippen LogP contribution in [0.15, 0.2) is 60.7 Å². The Kier molecular flexibility index (Phi) is 8.97. The van der Waals surface area contributed by atoms with Gasteiger partial charge in [0.05, 0.1) is 11.8 Å². The molecule has 0 N–H and O–H groups in total. The summed E-state index contributed by atoms with van der Waals surface area (Å²) in [6, 6.07) is 21.2. The van der Waals surface area contributed by atoms with E-state index in [0.717, 1.165) is 61.3 Å². The Morgan fingerprint density at radius 2 is 1.65 bits per heavy atom. The summed E-state index contributed by atoms with van der Waals surface area (Å²) in [5, 5.41) is 0. The van der Waals surface area contributed by atoms with Crippen molar-refractivity contribution in [3.63, 3.8) is 0 Å². The van der Waals surface area contributed by atoms with Gasteiger partial charge in [-0.05, 0) is 62.1 Å². The van der Waals surface area contributed by atoms with E-state index in [1.165, 1.54) is 24.0 Å². The molecule has 1 unspecified atom stereocenters. The first-order valence-corrected chi connectivity index (χ1v) is 12.7. The van der Waals surface area contributed by atoms with Crippen LogP contribution in [0.25, 0.3) is 0 Å². The molecule has 1 saturated heterocycles. The number of hydrogen-bond donors (Lipinski definition) is 0. The SMILES string of the molecule is CCCc1ccc(CCc2nc(OCC3CCCCO3)cc(OCc3ccccc3)c2C)cc1. The molecule has 0 aliphatic carbocycles. The Morgan fingerprint density at radius 3 is 2.35 bits per heavy atom. The van der Waals surface area contributed by atoms with E-state index in [0.29, 0.717) is 19.1 Å². The quantitative estimate of drug-likeness (QED) is 0.322. The molecule has 0 saturated carbocycles. The van der Waals surface area contributed by atoms with E-state index in [4.69, 9.17) is 19.2 Å². The third-order valence-corrected chi connectivity index (χ3v) is 6.44. The zero-order valence-corrected chi connectivity index (χ0v) is 20.6. The van der Waals surface area contributed by atoms with E-state index in [2.05, 4.69) is 50.2 Å². The van der Waals surface area contributed by atoms with Gasteiger partial charge >= 0.3 is 0 Å². The average molecular weight is 460 g/mol. The van der Waals surface area contributed by atoms with Crippen molar-refractivity contribution < 1.29 is 14.2 Å². The molecule has 2 aromatic carbocycles. The largest absolute Gasteiger partial charge is 0.488 e. The van der Waals surface area contributed by atoms with Crippen molar-refractivity contribution in [2.45, 2.75) is 71.5 Å². The minimum Gasteiger partial charge on any atom is -0.488 e. The molecule has 34 heavy (non-hydrogen) atoms. The molecule has 0 spiro atoms. The van der Waals surface area contributed by atoms with Gasteiger partial charge in [-0.2, -0.15) is 0 Å². The van der Waals surface area contributed by atoms with Gasteiger partial charge in [-0.1, -0.05) is 67.9 Å². The molecule has 4 rings (SSSR count). The molecule has 1 fully saturated rings. The molecule has 1 atom stereocenters. The third-order valence-electron chi connectivity index (χ3n) is 6.44. The number of hydrogen-bond acceptors (Lipinski definition) is 4. The summed E-state index contributed by atoms with van der Waals surface area (Å²) in [6.45, 7) is 6.20. The number of benzene rings is 2. The Balaban J connectivity index is 1.47. The van der Waals surface area contributed by atoms with E-state index < -0.39 is 0 Å². The monoisotopic (exact) mass is 459 g/mol. The summed E-state index contributed by atoms with van der Waals surface area (Å²) in [5.41, 5.74) is 5.99. The molecule has 2 heterocycles. The van der Waals surface area contributed by atoms with E-state index in [-0.39, 0.29) is 6.10 Å². The molecule has 0 bridgehead atoms. The zero-order valence-electron chi connectivity index (χ0n) is 20.6. The van der Waals surface area contributed by atoms with Gasteiger partial charge in [-0.25, -0.2) is 4.98 Å². The Hall–Kier alpha value is -2.85. The van der Waals surface area contributed by atoms with Crippen molar-refractivity contribution in [2.24, 2.45) is 0 Å². The fraction of sp³-hybridized carbons (Fsp3) is 0.433. The molecule has 0 radical (unpaired) electrons. The maximum atomic E-state index is 6.24. The van der Waals surface area contributed by atoms with Crippen LogP contribution in [0.5, 0.6) is 11.6 Å². The fourth-order valence-corrected chi connectivity index (χ4v) is 4.36. The van der Waals surface area contributed by atoms with Crippen molar-refractivity contribution in [1.82, 2.24) is 4.98 Å². The Bertz CT molecular complexity index is 1010.